The molecule has 0 N–H and O–H groups in total. The Bertz CT molecular complexity index is 814. The second-order valence-corrected chi connectivity index (χ2v) is 6.33. The summed E-state index contributed by atoms with van der Waals surface area (Å²) in [6.45, 7) is -0.495. The standard InChI is InChI=1S/C17H13Cl3FNO3/c1-22(8-10-4-2-3-5-13(10)21)14(23)9-25-17(24)15-11(18)6-7-12(19)16(15)20/h2-7H,8-9H2,1H3. The first-order chi connectivity index (χ1) is 11.8. The summed E-state index contributed by atoms with van der Waals surface area (Å²) in [6.07, 6.45) is 0. The van der Waals surface area contributed by atoms with Crippen molar-refractivity contribution in [2.24, 2.45) is 0 Å². The first-order valence-electron chi connectivity index (χ1n) is 7.09. The minimum absolute atomic E-state index is 0.0434. The van der Waals surface area contributed by atoms with Gasteiger partial charge in [-0.25, -0.2) is 9.18 Å². The molecule has 2 rings (SSSR count). The molecule has 4 nitrogen and oxygen atoms in total. The maximum absolute atomic E-state index is 13.6. The molecule has 0 aliphatic heterocycles. The molecule has 0 aliphatic rings. The molecule has 0 saturated carbocycles. The Morgan fingerprint density at radius 2 is 1.72 bits per heavy atom. The molecule has 2 aromatic carbocycles. The second kappa shape index (κ2) is 8.52. The minimum atomic E-state index is -0.870. The summed E-state index contributed by atoms with van der Waals surface area (Å²) < 4.78 is 18.6. The highest BCUT2D eigenvalue weighted by Gasteiger charge is 2.21. The van der Waals surface area contributed by atoms with Crippen LogP contribution in [0.25, 0.3) is 0 Å². The van der Waals surface area contributed by atoms with Gasteiger partial charge in [0.15, 0.2) is 6.61 Å². The van der Waals surface area contributed by atoms with Gasteiger partial charge in [-0.2, -0.15) is 0 Å². The van der Waals surface area contributed by atoms with Crippen LogP contribution in [0.5, 0.6) is 0 Å². The van der Waals surface area contributed by atoms with Gasteiger partial charge in [-0.3, -0.25) is 4.79 Å². The van der Waals surface area contributed by atoms with Crippen molar-refractivity contribution in [2.75, 3.05) is 13.7 Å². The third-order valence-electron chi connectivity index (χ3n) is 3.37. The minimum Gasteiger partial charge on any atom is -0.452 e. The molecular formula is C17H13Cl3FNO3. The largest absolute Gasteiger partial charge is 0.452 e. The summed E-state index contributed by atoms with van der Waals surface area (Å²) in [5.41, 5.74) is 0.242. The lowest BCUT2D eigenvalue weighted by Gasteiger charge is -2.18. The van der Waals surface area contributed by atoms with Gasteiger partial charge in [0.2, 0.25) is 0 Å². The van der Waals surface area contributed by atoms with E-state index in [1.165, 1.54) is 30.1 Å². The SMILES string of the molecule is CN(Cc1ccccc1F)C(=O)COC(=O)c1c(Cl)ccc(Cl)c1Cl. The molecule has 1 amide bonds. The summed E-state index contributed by atoms with van der Waals surface area (Å²) in [5.74, 6) is -1.80. The molecule has 0 unspecified atom stereocenters. The summed E-state index contributed by atoms with van der Waals surface area (Å²) in [7, 11) is 1.47. The Labute approximate surface area is 159 Å². The van der Waals surface area contributed by atoms with Crippen molar-refractivity contribution < 1.29 is 18.7 Å². The van der Waals surface area contributed by atoms with Crippen LogP contribution in [0, 0.1) is 5.82 Å². The van der Waals surface area contributed by atoms with Gasteiger partial charge < -0.3 is 9.64 Å². The molecule has 0 saturated heterocycles. The van der Waals surface area contributed by atoms with Gasteiger partial charge in [0, 0.05) is 19.2 Å². The van der Waals surface area contributed by atoms with Crippen LogP contribution >= 0.6 is 34.8 Å². The van der Waals surface area contributed by atoms with E-state index in [4.69, 9.17) is 39.5 Å². The maximum atomic E-state index is 13.6. The number of hydrogen-bond acceptors (Lipinski definition) is 3. The number of benzene rings is 2. The molecule has 0 bridgehead atoms. The molecular weight excluding hydrogens is 392 g/mol. The fraction of sp³-hybridized carbons (Fsp3) is 0.176. The van der Waals surface area contributed by atoms with Crippen molar-refractivity contribution in [3.05, 3.63) is 68.4 Å². The fourth-order valence-corrected chi connectivity index (χ4v) is 2.68. The zero-order valence-electron chi connectivity index (χ0n) is 13.1. The van der Waals surface area contributed by atoms with Crippen molar-refractivity contribution in [1.29, 1.82) is 0 Å². The number of likely N-dealkylation sites (N-methyl/N-ethyl adjacent to an activating group) is 1. The van der Waals surface area contributed by atoms with Crippen LogP contribution in [0.3, 0.4) is 0 Å². The Kier molecular flexibility index (Phi) is 6.64. The highest BCUT2D eigenvalue weighted by Crippen LogP contribution is 2.31. The second-order valence-electron chi connectivity index (χ2n) is 5.14. The molecule has 0 aromatic heterocycles. The number of amides is 1. The highest BCUT2D eigenvalue weighted by molar-refractivity contribution is 6.46. The van der Waals surface area contributed by atoms with Gasteiger partial charge in [0.25, 0.3) is 5.91 Å². The van der Waals surface area contributed by atoms with Gasteiger partial charge in [0.05, 0.1) is 20.6 Å². The molecule has 0 heterocycles. The summed E-state index contributed by atoms with van der Waals surface area (Å²) in [6, 6.07) is 8.93. The van der Waals surface area contributed by atoms with E-state index in [0.29, 0.717) is 5.56 Å². The molecule has 0 atom stereocenters. The topological polar surface area (TPSA) is 46.6 Å². The summed E-state index contributed by atoms with van der Waals surface area (Å²) >= 11 is 17.7. The van der Waals surface area contributed by atoms with E-state index in [2.05, 4.69) is 0 Å². The Morgan fingerprint density at radius 1 is 1.08 bits per heavy atom. The average Bonchev–Trinajstić information content (AvgIpc) is 2.58. The lowest BCUT2D eigenvalue weighted by Crippen LogP contribution is -2.31. The molecule has 132 valence electrons. The van der Waals surface area contributed by atoms with E-state index in [1.807, 2.05) is 0 Å². The van der Waals surface area contributed by atoms with Crippen molar-refractivity contribution in [3.8, 4) is 0 Å². The lowest BCUT2D eigenvalue weighted by molar-refractivity contribution is -0.133. The molecule has 2 aromatic rings. The normalized spacial score (nSPS) is 10.4. The highest BCUT2D eigenvalue weighted by atomic mass is 35.5. The van der Waals surface area contributed by atoms with Gasteiger partial charge in [-0.05, 0) is 18.2 Å². The van der Waals surface area contributed by atoms with Crippen molar-refractivity contribution in [3.63, 3.8) is 0 Å². The van der Waals surface area contributed by atoms with Crippen molar-refractivity contribution >= 4 is 46.7 Å². The van der Waals surface area contributed by atoms with Crippen LogP contribution in [-0.2, 0) is 16.1 Å². The van der Waals surface area contributed by atoms with E-state index < -0.39 is 24.3 Å². The predicted molar refractivity (Wildman–Crippen MR) is 94.6 cm³/mol. The number of halogens is 4. The summed E-state index contributed by atoms with van der Waals surface area (Å²) in [5, 5.41) is 0.152. The lowest BCUT2D eigenvalue weighted by atomic mass is 10.2. The molecule has 25 heavy (non-hydrogen) atoms. The fourth-order valence-electron chi connectivity index (χ4n) is 1.99. The third kappa shape index (κ3) is 4.84. The maximum Gasteiger partial charge on any atom is 0.341 e. The quantitative estimate of drug-likeness (QED) is 0.540. The van der Waals surface area contributed by atoms with Crippen molar-refractivity contribution in [2.45, 2.75) is 6.54 Å². The van der Waals surface area contributed by atoms with Crippen LogP contribution in [0.1, 0.15) is 15.9 Å². The number of hydrogen-bond donors (Lipinski definition) is 0. The van der Waals surface area contributed by atoms with Crippen LogP contribution in [0.2, 0.25) is 15.1 Å². The predicted octanol–water partition coefficient (Wildman–Crippen LogP) is 4.60. The van der Waals surface area contributed by atoms with Gasteiger partial charge in [-0.1, -0.05) is 53.0 Å². The Balaban J connectivity index is 1.99. The average molecular weight is 405 g/mol. The Hall–Kier alpha value is -1.82. The zero-order valence-corrected chi connectivity index (χ0v) is 15.3. The number of esters is 1. The van der Waals surface area contributed by atoms with Crippen LogP contribution < -0.4 is 0 Å². The smallest absolute Gasteiger partial charge is 0.341 e. The molecule has 0 radical (unpaired) electrons. The van der Waals surface area contributed by atoms with Gasteiger partial charge >= 0.3 is 5.97 Å². The van der Waals surface area contributed by atoms with Crippen LogP contribution in [0.4, 0.5) is 4.39 Å². The first kappa shape index (κ1) is 19.5. The Morgan fingerprint density at radius 3 is 2.40 bits per heavy atom. The molecule has 0 aliphatic carbocycles. The number of rotatable bonds is 5. The van der Waals surface area contributed by atoms with Crippen LogP contribution in [-0.4, -0.2) is 30.4 Å². The van der Waals surface area contributed by atoms with E-state index in [0.717, 1.165) is 0 Å². The van der Waals surface area contributed by atoms with E-state index >= 15 is 0 Å². The van der Waals surface area contributed by atoms with Gasteiger partial charge in [-0.15, -0.1) is 0 Å². The van der Waals surface area contributed by atoms with Gasteiger partial charge in [0.1, 0.15) is 5.82 Å². The molecule has 0 spiro atoms. The number of ether oxygens (including phenoxy) is 1. The number of nitrogens with zero attached hydrogens (tertiary/aromatic N) is 1. The summed E-state index contributed by atoms with van der Waals surface area (Å²) in [4.78, 5) is 25.4. The van der Waals surface area contributed by atoms with E-state index in [9.17, 15) is 14.0 Å². The zero-order chi connectivity index (χ0) is 18.6. The van der Waals surface area contributed by atoms with E-state index in [-0.39, 0.29) is 27.2 Å². The molecule has 8 heteroatoms. The monoisotopic (exact) mass is 403 g/mol. The third-order valence-corrected chi connectivity index (χ3v) is 4.49. The number of carbonyl (C=O) groups is 2. The first-order valence-corrected chi connectivity index (χ1v) is 8.22. The van der Waals surface area contributed by atoms with Crippen molar-refractivity contribution in [1.82, 2.24) is 4.90 Å². The number of carbonyl (C=O) groups excluding carboxylic acids is 2. The molecule has 0 fully saturated rings. The van der Waals surface area contributed by atoms with E-state index in [1.54, 1.807) is 18.2 Å². The van der Waals surface area contributed by atoms with Crippen LogP contribution in [0.15, 0.2) is 36.4 Å².